The molecule has 0 fully saturated rings. The predicted molar refractivity (Wildman–Crippen MR) is 82.3 cm³/mol. The van der Waals surface area contributed by atoms with Gasteiger partial charge < -0.3 is 5.32 Å². The molecule has 0 radical (unpaired) electrons. The molecule has 2 rings (SSSR count). The fraction of sp³-hybridized carbons (Fsp3) is 0.333. The van der Waals surface area contributed by atoms with Gasteiger partial charge in [0.05, 0.1) is 18.2 Å². The van der Waals surface area contributed by atoms with Gasteiger partial charge >= 0.3 is 0 Å². The normalized spacial score (nSPS) is 12.2. The number of nitrogens with zero attached hydrogens (tertiary/aromatic N) is 2. The van der Waals surface area contributed by atoms with Gasteiger partial charge in [-0.2, -0.15) is 5.10 Å². The summed E-state index contributed by atoms with van der Waals surface area (Å²) in [7, 11) is 0. The third-order valence-corrected chi connectivity index (χ3v) is 3.64. The van der Waals surface area contributed by atoms with E-state index in [1.54, 1.807) is 0 Å². The van der Waals surface area contributed by atoms with E-state index in [0.717, 1.165) is 22.3 Å². The average molecular weight is 336 g/mol. The summed E-state index contributed by atoms with van der Waals surface area (Å²) in [6.07, 6.45) is 2.20. The number of amides is 1. The lowest BCUT2D eigenvalue weighted by molar-refractivity contribution is -0.121. The van der Waals surface area contributed by atoms with Gasteiger partial charge in [0.25, 0.3) is 0 Å². The molecule has 1 N–H and O–H groups in total. The maximum atomic E-state index is 12.0. The van der Waals surface area contributed by atoms with Crippen molar-refractivity contribution in [1.82, 2.24) is 15.1 Å². The quantitative estimate of drug-likeness (QED) is 0.912. The summed E-state index contributed by atoms with van der Waals surface area (Å²) in [6.45, 7) is 4.81. The van der Waals surface area contributed by atoms with Gasteiger partial charge in [-0.25, -0.2) is 0 Å². The highest BCUT2D eigenvalue weighted by Gasteiger charge is 2.11. The van der Waals surface area contributed by atoms with Crippen LogP contribution in [0.1, 0.15) is 31.1 Å². The van der Waals surface area contributed by atoms with Gasteiger partial charge in [0, 0.05) is 17.2 Å². The van der Waals surface area contributed by atoms with Crippen molar-refractivity contribution in [3.63, 3.8) is 0 Å². The SMILES string of the molecule is CCn1ccc(CC(=O)NC(C)c2ccc(Br)cc2)n1. The fourth-order valence-corrected chi connectivity index (χ4v) is 2.23. The van der Waals surface area contributed by atoms with E-state index in [2.05, 4.69) is 26.3 Å². The van der Waals surface area contributed by atoms with E-state index in [4.69, 9.17) is 0 Å². The van der Waals surface area contributed by atoms with Gasteiger partial charge in [0.15, 0.2) is 0 Å². The molecule has 1 aromatic heterocycles. The number of hydrogen-bond acceptors (Lipinski definition) is 2. The zero-order chi connectivity index (χ0) is 14.5. The summed E-state index contributed by atoms with van der Waals surface area (Å²) in [5.74, 6) is -0.0122. The lowest BCUT2D eigenvalue weighted by Crippen LogP contribution is -2.28. The zero-order valence-electron chi connectivity index (χ0n) is 11.6. The Morgan fingerprint density at radius 2 is 2.05 bits per heavy atom. The number of carbonyl (C=O) groups is 1. The number of hydrogen-bond donors (Lipinski definition) is 1. The number of benzene rings is 1. The molecule has 1 unspecified atom stereocenters. The van der Waals surface area contributed by atoms with Crippen LogP contribution in [0.2, 0.25) is 0 Å². The Hall–Kier alpha value is -1.62. The van der Waals surface area contributed by atoms with Crippen LogP contribution in [0.15, 0.2) is 41.0 Å². The van der Waals surface area contributed by atoms with Crippen molar-refractivity contribution < 1.29 is 4.79 Å². The van der Waals surface area contributed by atoms with Crippen LogP contribution in [0.5, 0.6) is 0 Å². The predicted octanol–water partition coefficient (Wildman–Crippen LogP) is 3.09. The maximum Gasteiger partial charge on any atom is 0.226 e. The average Bonchev–Trinajstić information content (AvgIpc) is 2.86. The molecule has 0 aliphatic carbocycles. The number of nitrogens with one attached hydrogen (secondary N) is 1. The summed E-state index contributed by atoms with van der Waals surface area (Å²) in [5, 5.41) is 7.30. The lowest BCUT2D eigenvalue weighted by Gasteiger charge is -2.14. The van der Waals surface area contributed by atoms with Crippen molar-refractivity contribution in [1.29, 1.82) is 0 Å². The summed E-state index contributed by atoms with van der Waals surface area (Å²) >= 11 is 3.40. The standard InChI is InChI=1S/C15H18BrN3O/c1-3-19-9-8-14(18-19)10-15(20)17-11(2)12-4-6-13(16)7-5-12/h4-9,11H,3,10H2,1-2H3,(H,17,20). The Labute approximate surface area is 127 Å². The van der Waals surface area contributed by atoms with Crippen molar-refractivity contribution in [2.24, 2.45) is 0 Å². The highest BCUT2D eigenvalue weighted by atomic mass is 79.9. The van der Waals surface area contributed by atoms with Crippen LogP contribution < -0.4 is 5.32 Å². The first-order valence-electron chi connectivity index (χ1n) is 6.65. The minimum Gasteiger partial charge on any atom is -0.349 e. The van der Waals surface area contributed by atoms with Crippen molar-refractivity contribution in [2.75, 3.05) is 0 Å². The Balaban J connectivity index is 1.92. The van der Waals surface area contributed by atoms with Gasteiger partial charge in [-0.15, -0.1) is 0 Å². The molecule has 20 heavy (non-hydrogen) atoms. The number of aromatic nitrogens is 2. The van der Waals surface area contributed by atoms with Crippen LogP contribution in [0.25, 0.3) is 0 Å². The van der Waals surface area contributed by atoms with Crippen LogP contribution >= 0.6 is 15.9 Å². The largest absolute Gasteiger partial charge is 0.349 e. The van der Waals surface area contributed by atoms with E-state index < -0.39 is 0 Å². The Morgan fingerprint density at radius 3 is 2.65 bits per heavy atom. The van der Waals surface area contributed by atoms with Crippen LogP contribution in [0, 0.1) is 0 Å². The minimum atomic E-state index is -0.0122. The van der Waals surface area contributed by atoms with E-state index >= 15 is 0 Å². The molecule has 0 aliphatic heterocycles. The molecule has 0 spiro atoms. The maximum absolute atomic E-state index is 12.0. The summed E-state index contributed by atoms with van der Waals surface area (Å²) in [6, 6.07) is 9.82. The molecular weight excluding hydrogens is 318 g/mol. The van der Waals surface area contributed by atoms with Gasteiger partial charge in [0.2, 0.25) is 5.91 Å². The van der Waals surface area contributed by atoms with Gasteiger partial charge in [-0.3, -0.25) is 9.48 Å². The highest BCUT2D eigenvalue weighted by Crippen LogP contribution is 2.16. The molecule has 2 aromatic rings. The fourth-order valence-electron chi connectivity index (χ4n) is 1.97. The van der Waals surface area contributed by atoms with Crippen molar-refractivity contribution in [3.05, 3.63) is 52.3 Å². The molecule has 0 saturated carbocycles. The Morgan fingerprint density at radius 1 is 1.35 bits per heavy atom. The third-order valence-electron chi connectivity index (χ3n) is 3.11. The summed E-state index contributed by atoms with van der Waals surface area (Å²) in [4.78, 5) is 12.0. The number of aryl methyl sites for hydroxylation is 1. The number of halogens is 1. The highest BCUT2D eigenvalue weighted by molar-refractivity contribution is 9.10. The van der Waals surface area contributed by atoms with E-state index in [1.807, 2.05) is 55.1 Å². The molecule has 1 aromatic carbocycles. The van der Waals surface area contributed by atoms with E-state index in [1.165, 1.54) is 0 Å². The van der Waals surface area contributed by atoms with Gasteiger partial charge in [-0.05, 0) is 37.6 Å². The molecular formula is C15H18BrN3O. The first kappa shape index (κ1) is 14.8. The van der Waals surface area contributed by atoms with Gasteiger partial charge in [-0.1, -0.05) is 28.1 Å². The van der Waals surface area contributed by atoms with E-state index in [9.17, 15) is 4.79 Å². The molecule has 0 saturated heterocycles. The second-order valence-corrected chi connectivity index (χ2v) is 5.60. The van der Waals surface area contributed by atoms with Crippen LogP contribution in [-0.4, -0.2) is 15.7 Å². The van der Waals surface area contributed by atoms with E-state index in [-0.39, 0.29) is 11.9 Å². The Bertz CT molecular complexity index is 577. The number of carbonyl (C=O) groups excluding carboxylic acids is 1. The molecule has 1 atom stereocenters. The zero-order valence-corrected chi connectivity index (χ0v) is 13.2. The van der Waals surface area contributed by atoms with Crippen molar-refractivity contribution in [3.8, 4) is 0 Å². The minimum absolute atomic E-state index is 0.0103. The molecule has 1 heterocycles. The van der Waals surface area contributed by atoms with E-state index in [0.29, 0.717) is 6.42 Å². The van der Waals surface area contributed by atoms with Crippen LogP contribution in [0.3, 0.4) is 0 Å². The topological polar surface area (TPSA) is 46.9 Å². The molecule has 5 heteroatoms. The molecule has 0 bridgehead atoms. The monoisotopic (exact) mass is 335 g/mol. The lowest BCUT2D eigenvalue weighted by atomic mass is 10.1. The molecule has 0 aliphatic rings. The number of rotatable bonds is 5. The van der Waals surface area contributed by atoms with Crippen LogP contribution in [-0.2, 0) is 17.8 Å². The second kappa shape index (κ2) is 6.70. The molecule has 106 valence electrons. The summed E-state index contributed by atoms with van der Waals surface area (Å²) < 4.78 is 2.85. The van der Waals surface area contributed by atoms with Gasteiger partial charge in [0.1, 0.15) is 0 Å². The first-order chi connectivity index (χ1) is 9.58. The Kier molecular flexibility index (Phi) is 4.95. The van der Waals surface area contributed by atoms with Crippen molar-refractivity contribution >= 4 is 21.8 Å². The molecule has 1 amide bonds. The first-order valence-corrected chi connectivity index (χ1v) is 7.45. The van der Waals surface area contributed by atoms with Crippen molar-refractivity contribution in [2.45, 2.75) is 32.9 Å². The third kappa shape index (κ3) is 3.93. The smallest absolute Gasteiger partial charge is 0.226 e. The molecule has 4 nitrogen and oxygen atoms in total. The van der Waals surface area contributed by atoms with Crippen LogP contribution in [0.4, 0.5) is 0 Å². The second-order valence-electron chi connectivity index (χ2n) is 4.68. The summed E-state index contributed by atoms with van der Waals surface area (Å²) in [5.41, 5.74) is 1.88.